The lowest BCUT2D eigenvalue weighted by atomic mass is 9.83. The van der Waals surface area contributed by atoms with Gasteiger partial charge in [-0.1, -0.05) is 41.9 Å². The van der Waals surface area contributed by atoms with Crippen molar-refractivity contribution in [2.75, 3.05) is 25.0 Å². The molecule has 1 aromatic carbocycles. The van der Waals surface area contributed by atoms with Gasteiger partial charge in [-0.05, 0) is 5.56 Å². The van der Waals surface area contributed by atoms with E-state index < -0.39 is 6.09 Å². The zero-order valence-electron chi connectivity index (χ0n) is 13.5. The molecule has 0 saturated carbocycles. The van der Waals surface area contributed by atoms with E-state index in [0.717, 1.165) is 49.3 Å². The summed E-state index contributed by atoms with van der Waals surface area (Å²) >= 11 is 7.41. The molecule has 3 aliphatic heterocycles. The van der Waals surface area contributed by atoms with Crippen LogP contribution in [0.15, 0.2) is 30.3 Å². The molecule has 0 spiro atoms. The molecule has 25 heavy (non-hydrogen) atoms. The van der Waals surface area contributed by atoms with Gasteiger partial charge in [0, 0.05) is 38.9 Å². The highest BCUT2D eigenvalue weighted by atomic mass is 35.5. The van der Waals surface area contributed by atoms with E-state index in [1.807, 2.05) is 30.3 Å². The number of amides is 1. The molecule has 0 atom stereocenters. The van der Waals surface area contributed by atoms with Gasteiger partial charge >= 0.3 is 6.09 Å². The number of hydrogen-bond donors (Lipinski definition) is 1. The minimum atomic E-state index is -0.440. The van der Waals surface area contributed by atoms with Crippen LogP contribution in [0.5, 0.6) is 0 Å². The molecule has 134 valence electrons. The Morgan fingerprint density at radius 2 is 1.84 bits per heavy atom. The first-order valence-corrected chi connectivity index (χ1v) is 9.27. The Morgan fingerprint density at radius 1 is 1.20 bits per heavy atom. The third kappa shape index (κ3) is 3.92. The van der Waals surface area contributed by atoms with Crippen LogP contribution in [0.2, 0.25) is 4.47 Å². The number of nitrogens with zero attached hydrogens (tertiary/aromatic N) is 2. The van der Waals surface area contributed by atoms with Crippen LogP contribution in [0.25, 0.3) is 10.4 Å². The van der Waals surface area contributed by atoms with E-state index in [9.17, 15) is 4.79 Å². The molecule has 4 heterocycles. The third-order valence-electron chi connectivity index (χ3n) is 4.82. The quantitative estimate of drug-likeness (QED) is 0.814. The number of anilines is 1. The average molecular weight is 400 g/mol. The van der Waals surface area contributed by atoms with Crippen LogP contribution in [-0.4, -0.2) is 41.2 Å². The summed E-state index contributed by atoms with van der Waals surface area (Å²) in [7, 11) is 0. The fourth-order valence-electron chi connectivity index (χ4n) is 3.43. The van der Waals surface area contributed by atoms with E-state index in [1.165, 1.54) is 11.3 Å². The molecule has 2 aromatic rings. The number of halogens is 2. The van der Waals surface area contributed by atoms with E-state index in [0.29, 0.717) is 10.3 Å². The van der Waals surface area contributed by atoms with E-state index in [1.54, 1.807) is 0 Å². The summed E-state index contributed by atoms with van der Waals surface area (Å²) in [4.78, 5) is 19.9. The Hall–Kier alpha value is -1.34. The predicted molar refractivity (Wildman–Crippen MR) is 103 cm³/mol. The van der Waals surface area contributed by atoms with Gasteiger partial charge in [0.05, 0.1) is 4.88 Å². The lowest BCUT2D eigenvalue weighted by Crippen LogP contribution is -2.54. The molecule has 0 radical (unpaired) electrons. The van der Waals surface area contributed by atoms with Crippen molar-refractivity contribution in [3.8, 4) is 10.4 Å². The van der Waals surface area contributed by atoms with Gasteiger partial charge in [-0.3, -0.25) is 5.32 Å². The molecule has 8 heteroatoms. The first-order valence-electron chi connectivity index (χ1n) is 8.08. The summed E-state index contributed by atoms with van der Waals surface area (Å²) in [6, 6.07) is 9.77. The van der Waals surface area contributed by atoms with Crippen molar-refractivity contribution in [3.63, 3.8) is 0 Å². The summed E-state index contributed by atoms with van der Waals surface area (Å²) in [6.07, 6.45) is 2.28. The highest BCUT2D eigenvalue weighted by Crippen LogP contribution is 2.38. The number of hydrogen-bond acceptors (Lipinski definition) is 5. The van der Waals surface area contributed by atoms with Crippen LogP contribution in [0.3, 0.4) is 0 Å². The van der Waals surface area contributed by atoms with Crippen LogP contribution in [0, 0.1) is 0 Å². The molecule has 1 N–H and O–H groups in total. The number of rotatable bonds is 3. The monoisotopic (exact) mass is 399 g/mol. The maximum atomic E-state index is 12.4. The molecule has 1 aromatic heterocycles. The van der Waals surface area contributed by atoms with Crippen molar-refractivity contribution in [2.24, 2.45) is 0 Å². The second-order valence-electron chi connectivity index (χ2n) is 6.30. The second kappa shape index (κ2) is 7.50. The van der Waals surface area contributed by atoms with Gasteiger partial charge in [-0.25, -0.2) is 9.78 Å². The van der Waals surface area contributed by atoms with E-state index >= 15 is 0 Å². The predicted octanol–water partition coefficient (Wildman–Crippen LogP) is 4.67. The highest BCUT2D eigenvalue weighted by Gasteiger charge is 2.42. The van der Waals surface area contributed by atoms with Crippen molar-refractivity contribution >= 4 is 47.3 Å². The molecule has 0 unspecified atom stereocenters. The van der Waals surface area contributed by atoms with Crippen LogP contribution in [-0.2, 0) is 4.74 Å². The number of carbonyl (C=O) groups is 1. The van der Waals surface area contributed by atoms with Crippen LogP contribution < -0.4 is 5.32 Å². The van der Waals surface area contributed by atoms with Crippen LogP contribution in [0.1, 0.15) is 19.3 Å². The maximum Gasteiger partial charge on any atom is 0.413 e. The summed E-state index contributed by atoms with van der Waals surface area (Å²) in [6.45, 7) is 3.02. The molecule has 5 rings (SSSR count). The molecule has 5 nitrogen and oxygen atoms in total. The van der Waals surface area contributed by atoms with Crippen LogP contribution >= 0.6 is 35.3 Å². The third-order valence-corrected chi connectivity index (χ3v) is 6.03. The number of carbonyl (C=O) groups excluding carboxylic acids is 1. The van der Waals surface area contributed by atoms with Crippen molar-refractivity contribution < 1.29 is 9.53 Å². The first-order chi connectivity index (χ1) is 11.6. The maximum absolute atomic E-state index is 12.4. The number of fused-ring (bicyclic) bond motifs is 3. The van der Waals surface area contributed by atoms with Crippen molar-refractivity contribution in [2.45, 2.75) is 24.9 Å². The number of nitrogens with one attached hydrogen (secondary N) is 1. The summed E-state index contributed by atoms with van der Waals surface area (Å²) in [5.41, 5.74) is 0.660. The smallest absolute Gasteiger partial charge is 0.413 e. The number of ether oxygens (including phenoxy) is 1. The van der Waals surface area contributed by atoms with Gasteiger partial charge in [0.1, 0.15) is 5.60 Å². The number of thiazole rings is 1. The molecule has 3 aliphatic rings. The van der Waals surface area contributed by atoms with E-state index in [2.05, 4.69) is 15.2 Å². The Morgan fingerprint density at radius 3 is 2.48 bits per heavy atom. The SMILES string of the molecule is Cl.O=C(Nc1nc(Cl)sc1-c1ccccc1)OC12CCN(CC1)CC2. The fraction of sp³-hybridized carbons (Fsp3) is 0.412. The molecule has 3 fully saturated rings. The van der Waals surface area contributed by atoms with Crippen molar-refractivity contribution in [1.82, 2.24) is 9.88 Å². The minimum absolute atomic E-state index is 0. The lowest BCUT2D eigenvalue weighted by Gasteiger charge is -2.47. The zero-order chi connectivity index (χ0) is 16.6. The molecule has 0 aliphatic carbocycles. The number of aromatic nitrogens is 1. The van der Waals surface area contributed by atoms with E-state index in [-0.39, 0.29) is 18.0 Å². The Bertz CT molecular complexity index is 732. The Balaban J connectivity index is 0.00000182. The molecule has 3 saturated heterocycles. The largest absolute Gasteiger partial charge is 0.443 e. The van der Waals surface area contributed by atoms with Gasteiger partial charge in [0.2, 0.25) is 0 Å². The van der Waals surface area contributed by atoms with Gasteiger partial charge < -0.3 is 9.64 Å². The van der Waals surface area contributed by atoms with Crippen molar-refractivity contribution in [3.05, 3.63) is 34.8 Å². The van der Waals surface area contributed by atoms with Gasteiger partial charge in [0.25, 0.3) is 0 Å². The Kier molecular flexibility index (Phi) is 5.53. The summed E-state index contributed by atoms with van der Waals surface area (Å²) < 4.78 is 6.21. The van der Waals surface area contributed by atoms with Gasteiger partial charge in [-0.15, -0.1) is 23.7 Å². The number of piperidine rings is 3. The van der Waals surface area contributed by atoms with Crippen LogP contribution in [0.4, 0.5) is 10.6 Å². The minimum Gasteiger partial charge on any atom is -0.443 e. The normalized spacial score (nSPS) is 24.4. The second-order valence-corrected chi connectivity index (χ2v) is 7.88. The highest BCUT2D eigenvalue weighted by molar-refractivity contribution is 7.19. The van der Waals surface area contributed by atoms with Gasteiger partial charge in [0.15, 0.2) is 10.3 Å². The molecular weight excluding hydrogens is 381 g/mol. The molecule has 2 bridgehead atoms. The van der Waals surface area contributed by atoms with Gasteiger partial charge in [-0.2, -0.15) is 0 Å². The summed E-state index contributed by atoms with van der Waals surface area (Å²) in [5, 5.41) is 2.79. The fourth-order valence-corrected chi connectivity index (χ4v) is 4.50. The average Bonchev–Trinajstić information content (AvgIpc) is 2.97. The first kappa shape index (κ1) is 18.5. The topological polar surface area (TPSA) is 54.5 Å². The molecule has 1 amide bonds. The summed E-state index contributed by atoms with van der Waals surface area (Å²) in [5.74, 6) is 0.464. The van der Waals surface area contributed by atoms with Crippen molar-refractivity contribution in [1.29, 1.82) is 0 Å². The Labute approximate surface area is 161 Å². The zero-order valence-corrected chi connectivity index (χ0v) is 15.9. The molecular formula is C17H19Cl2N3O2S. The lowest BCUT2D eigenvalue weighted by molar-refractivity contribution is -0.0742. The standard InChI is InChI=1S/C17H18ClN3O2S.ClH/c18-15-19-14(13(24-15)12-4-2-1-3-5-12)20-16(22)23-17-6-9-21(10-7-17)11-8-17;/h1-5H,6-11H2,(H,20,22);1H. The number of benzene rings is 1. The van der Waals surface area contributed by atoms with E-state index in [4.69, 9.17) is 16.3 Å².